The molecule has 1 N–H and O–H groups in total. The molecule has 0 radical (unpaired) electrons. The summed E-state index contributed by atoms with van der Waals surface area (Å²) in [6.07, 6.45) is 4.29. The fourth-order valence-corrected chi connectivity index (χ4v) is 7.68. The second-order valence-electron chi connectivity index (χ2n) is 8.65. The Kier molecular flexibility index (Phi) is 5.54. The molecule has 1 aliphatic carbocycles. The molecule has 1 aliphatic rings. The smallest absolute Gasteiger partial charge is 0.263 e. The summed E-state index contributed by atoms with van der Waals surface area (Å²) < 4.78 is 1.92. The first-order chi connectivity index (χ1) is 15.3. The average Bonchev–Trinajstić information content (AvgIpc) is 3.42. The van der Waals surface area contributed by atoms with Crippen LogP contribution in [0.3, 0.4) is 0 Å². The molecule has 5 rings (SSSR count). The third-order valence-corrected chi connectivity index (χ3v) is 9.90. The van der Waals surface area contributed by atoms with Crippen LogP contribution in [0.5, 0.6) is 0 Å². The maximum absolute atomic E-state index is 13.6. The van der Waals surface area contributed by atoms with Gasteiger partial charge in [0.15, 0.2) is 5.16 Å². The fraction of sp³-hybridized carbons (Fsp3) is 0.478. The van der Waals surface area contributed by atoms with E-state index in [0.717, 1.165) is 66.8 Å². The molecular weight excluding hydrogens is 460 g/mol. The lowest BCUT2D eigenvalue weighted by molar-refractivity contribution is 0.457. The number of nitrogens with zero attached hydrogens (tertiary/aromatic N) is 3. The van der Waals surface area contributed by atoms with Crippen LogP contribution in [0, 0.1) is 27.7 Å². The summed E-state index contributed by atoms with van der Waals surface area (Å²) in [4.78, 5) is 42.9. The van der Waals surface area contributed by atoms with Crippen LogP contribution < -0.4 is 11.1 Å². The van der Waals surface area contributed by atoms with Crippen molar-refractivity contribution in [2.24, 2.45) is 0 Å². The minimum Gasteiger partial charge on any atom is -0.309 e. The zero-order chi connectivity index (χ0) is 22.7. The van der Waals surface area contributed by atoms with Crippen LogP contribution in [0.1, 0.15) is 70.6 Å². The standard InChI is InChI=1S/C23H26N4O2S3/c1-10-12(3)30-20-16(10)19(28)24-18(25-20)14(5)32-23-26-21-17(11(2)13(4)31-21)22(29)27(23)15-8-6-7-9-15/h14-15H,6-9H2,1-5H3,(H,24,25,28)/t14-/m0/s1. The summed E-state index contributed by atoms with van der Waals surface area (Å²) >= 11 is 4.65. The normalized spacial score (nSPS) is 15.9. The number of thiophene rings is 2. The Bertz CT molecular complexity index is 1470. The molecular formula is C23H26N4O2S3. The zero-order valence-corrected chi connectivity index (χ0v) is 21.3. The number of hydrogen-bond donors (Lipinski definition) is 1. The molecule has 0 amide bonds. The number of H-pyrrole nitrogens is 1. The predicted octanol–water partition coefficient (Wildman–Crippen LogP) is 5.96. The Hall–Kier alpha value is -1.97. The van der Waals surface area contributed by atoms with Gasteiger partial charge < -0.3 is 4.98 Å². The minimum absolute atomic E-state index is 0.0693. The highest BCUT2D eigenvalue weighted by Crippen LogP contribution is 2.39. The summed E-state index contributed by atoms with van der Waals surface area (Å²) in [6.45, 7) is 10.1. The minimum atomic E-state index is -0.144. The summed E-state index contributed by atoms with van der Waals surface area (Å²) in [5.74, 6) is 0.625. The predicted molar refractivity (Wildman–Crippen MR) is 135 cm³/mol. The monoisotopic (exact) mass is 486 g/mol. The van der Waals surface area contributed by atoms with Crippen LogP contribution in [0.2, 0.25) is 0 Å². The van der Waals surface area contributed by atoms with Crippen molar-refractivity contribution in [1.82, 2.24) is 19.5 Å². The molecule has 0 aliphatic heterocycles. The van der Waals surface area contributed by atoms with Gasteiger partial charge in [-0.15, -0.1) is 22.7 Å². The number of thioether (sulfide) groups is 1. The molecule has 0 bridgehead atoms. The molecule has 0 spiro atoms. The van der Waals surface area contributed by atoms with Crippen molar-refractivity contribution in [3.63, 3.8) is 0 Å². The van der Waals surface area contributed by atoms with E-state index in [1.54, 1.807) is 22.7 Å². The average molecular weight is 487 g/mol. The van der Waals surface area contributed by atoms with Crippen LogP contribution in [0.4, 0.5) is 0 Å². The molecule has 168 valence electrons. The molecule has 4 aromatic heterocycles. The largest absolute Gasteiger partial charge is 0.309 e. The highest BCUT2D eigenvalue weighted by atomic mass is 32.2. The number of hydrogen-bond acceptors (Lipinski definition) is 7. The Morgan fingerprint density at radius 3 is 2.22 bits per heavy atom. The summed E-state index contributed by atoms with van der Waals surface area (Å²) in [5, 5.41) is 2.02. The van der Waals surface area contributed by atoms with Crippen molar-refractivity contribution in [3.05, 3.63) is 47.4 Å². The van der Waals surface area contributed by atoms with E-state index in [2.05, 4.69) is 4.98 Å². The van der Waals surface area contributed by atoms with Crippen LogP contribution in [0.25, 0.3) is 20.4 Å². The number of nitrogens with one attached hydrogen (secondary N) is 1. The lowest BCUT2D eigenvalue weighted by atomic mass is 10.2. The molecule has 4 heterocycles. The van der Waals surface area contributed by atoms with E-state index in [9.17, 15) is 9.59 Å². The molecule has 0 aromatic carbocycles. The fourth-order valence-electron chi connectivity index (χ4n) is 4.53. The van der Waals surface area contributed by atoms with Gasteiger partial charge in [0.05, 0.1) is 16.0 Å². The highest BCUT2D eigenvalue weighted by Gasteiger charge is 2.26. The lowest BCUT2D eigenvalue weighted by Crippen LogP contribution is -2.26. The van der Waals surface area contributed by atoms with Gasteiger partial charge in [-0.1, -0.05) is 24.6 Å². The lowest BCUT2D eigenvalue weighted by Gasteiger charge is -2.20. The molecule has 9 heteroatoms. The molecule has 6 nitrogen and oxygen atoms in total. The third kappa shape index (κ3) is 3.45. The number of fused-ring (bicyclic) bond motifs is 2. The van der Waals surface area contributed by atoms with Gasteiger partial charge in [-0.05, 0) is 58.6 Å². The highest BCUT2D eigenvalue weighted by molar-refractivity contribution is 7.99. The van der Waals surface area contributed by atoms with Crippen molar-refractivity contribution < 1.29 is 0 Å². The Morgan fingerprint density at radius 1 is 0.969 bits per heavy atom. The summed E-state index contributed by atoms with van der Waals surface area (Å²) in [6, 6.07) is 0.186. The Balaban J connectivity index is 1.62. The van der Waals surface area contributed by atoms with Gasteiger partial charge in [-0.2, -0.15) is 0 Å². The molecule has 1 fully saturated rings. The van der Waals surface area contributed by atoms with E-state index in [-0.39, 0.29) is 22.4 Å². The first-order valence-electron chi connectivity index (χ1n) is 10.9. The molecule has 0 unspecified atom stereocenters. The number of aromatic amines is 1. The van der Waals surface area contributed by atoms with Gasteiger partial charge in [-0.3, -0.25) is 14.2 Å². The van der Waals surface area contributed by atoms with E-state index in [1.165, 1.54) is 11.8 Å². The van der Waals surface area contributed by atoms with Crippen LogP contribution in [-0.4, -0.2) is 19.5 Å². The van der Waals surface area contributed by atoms with Crippen molar-refractivity contribution in [1.29, 1.82) is 0 Å². The van der Waals surface area contributed by atoms with Gasteiger partial charge >= 0.3 is 0 Å². The van der Waals surface area contributed by atoms with Gasteiger partial charge in [0.2, 0.25) is 0 Å². The Labute approximate surface area is 198 Å². The quantitative estimate of drug-likeness (QED) is 0.284. The van der Waals surface area contributed by atoms with E-state index >= 15 is 0 Å². The van der Waals surface area contributed by atoms with E-state index in [0.29, 0.717) is 11.2 Å². The topological polar surface area (TPSA) is 80.6 Å². The second-order valence-corrected chi connectivity index (χ2v) is 12.4. The molecule has 0 saturated heterocycles. The van der Waals surface area contributed by atoms with Crippen molar-refractivity contribution >= 4 is 54.9 Å². The van der Waals surface area contributed by atoms with Gasteiger partial charge in [-0.25, -0.2) is 9.97 Å². The van der Waals surface area contributed by atoms with E-state index in [4.69, 9.17) is 9.97 Å². The number of rotatable bonds is 4. The number of aromatic nitrogens is 4. The first-order valence-corrected chi connectivity index (χ1v) is 13.5. The summed E-state index contributed by atoms with van der Waals surface area (Å²) in [7, 11) is 0. The maximum atomic E-state index is 13.6. The van der Waals surface area contributed by atoms with Gasteiger partial charge in [0, 0.05) is 15.8 Å². The summed E-state index contributed by atoms with van der Waals surface area (Å²) in [5.41, 5.74) is 2.01. The van der Waals surface area contributed by atoms with E-state index < -0.39 is 0 Å². The van der Waals surface area contributed by atoms with Crippen molar-refractivity contribution in [2.75, 3.05) is 0 Å². The van der Waals surface area contributed by atoms with Gasteiger partial charge in [0.25, 0.3) is 11.1 Å². The van der Waals surface area contributed by atoms with Crippen LogP contribution in [0.15, 0.2) is 14.7 Å². The number of aryl methyl sites for hydroxylation is 4. The van der Waals surface area contributed by atoms with Crippen molar-refractivity contribution in [3.8, 4) is 0 Å². The molecule has 4 aromatic rings. The zero-order valence-electron chi connectivity index (χ0n) is 18.9. The third-order valence-electron chi connectivity index (χ3n) is 6.62. The SMILES string of the molecule is Cc1sc2nc([C@H](C)Sc3nc4sc(C)c(C)c4c(=O)n3C3CCCC3)[nH]c(=O)c2c1C. The second kappa shape index (κ2) is 8.11. The first kappa shape index (κ1) is 21.9. The van der Waals surface area contributed by atoms with Crippen molar-refractivity contribution in [2.45, 2.75) is 76.8 Å². The van der Waals surface area contributed by atoms with E-state index in [1.807, 2.05) is 39.2 Å². The van der Waals surface area contributed by atoms with Crippen LogP contribution >= 0.6 is 34.4 Å². The maximum Gasteiger partial charge on any atom is 0.263 e. The Morgan fingerprint density at radius 2 is 1.56 bits per heavy atom. The van der Waals surface area contributed by atoms with Gasteiger partial charge in [0.1, 0.15) is 15.5 Å². The molecule has 1 saturated carbocycles. The molecule has 1 atom stereocenters. The molecule has 32 heavy (non-hydrogen) atoms. The van der Waals surface area contributed by atoms with Crippen LogP contribution in [-0.2, 0) is 0 Å².